The number of aromatic carboxylic acids is 1. The molecule has 9 heteroatoms. The minimum absolute atomic E-state index is 0.189. The molecule has 2 N–H and O–H groups in total. The molecule has 0 saturated heterocycles. The Bertz CT molecular complexity index is 871. The fourth-order valence-electron chi connectivity index (χ4n) is 1.96. The lowest BCUT2D eigenvalue weighted by Crippen LogP contribution is -2.18. The van der Waals surface area contributed by atoms with Crippen LogP contribution in [0.3, 0.4) is 0 Å². The number of aryl methyl sites for hydroxylation is 1. The van der Waals surface area contributed by atoms with Gasteiger partial charge in [-0.25, -0.2) is 4.79 Å². The molecule has 0 bridgehead atoms. The summed E-state index contributed by atoms with van der Waals surface area (Å²) in [6.45, 7) is 1.84. The van der Waals surface area contributed by atoms with E-state index in [-0.39, 0.29) is 25.7 Å². The number of nitrogens with one attached hydrogen (secondary N) is 1. The number of carboxylic acid groups (broad SMARTS) is 1. The molecule has 2 aromatic rings. The molecule has 0 spiro atoms. The summed E-state index contributed by atoms with van der Waals surface area (Å²) >= 11 is 27.1. The first-order valence-electron chi connectivity index (χ1n) is 6.31. The number of halogens is 5. The maximum absolute atomic E-state index is 12.5. The number of anilines is 1. The van der Waals surface area contributed by atoms with Crippen LogP contribution in [0.1, 0.15) is 26.3 Å². The molecule has 0 saturated carbocycles. The first kappa shape index (κ1) is 19.3. The SMILES string of the molecule is Cc1cc(NC(=O)c2c(Cl)c(Cl)c(Cl)c(Cl)c2C(=O)O)ccc1Br. The lowest BCUT2D eigenvalue weighted by Gasteiger charge is -2.14. The number of amides is 1. The highest BCUT2D eigenvalue weighted by atomic mass is 79.9. The van der Waals surface area contributed by atoms with Crippen molar-refractivity contribution in [2.45, 2.75) is 6.92 Å². The molecule has 126 valence electrons. The van der Waals surface area contributed by atoms with E-state index in [1.54, 1.807) is 18.2 Å². The molecule has 0 heterocycles. The number of rotatable bonds is 3. The number of benzene rings is 2. The quantitative estimate of drug-likeness (QED) is 0.406. The zero-order valence-corrected chi connectivity index (χ0v) is 16.5. The fourth-order valence-corrected chi connectivity index (χ4v) is 3.23. The summed E-state index contributed by atoms with van der Waals surface area (Å²) < 4.78 is 0.863. The molecule has 0 atom stereocenters. The van der Waals surface area contributed by atoms with E-state index in [4.69, 9.17) is 46.4 Å². The molecule has 2 aromatic carbocycles. The molecular weight excluding hydrogens is 464 g/mol. The van der Waals surface area contributed by atoms with Gasteiger partial charge in [0.05, 0.1) is 31.2 Å². The van der Waals surface area contributed by atoms with Crippen molar-refractivity contribution in [3.05, 3.63) is 59.5 Å². The van der Waals surface area contributed by atoms with E-state index < -0.39 is 17.4 Å². The third-order valence-corrected chi connectivity index (χ3v) is 5.82. The average molecular weight is 472 g/mol. The van der Waals surface area contributed by atoms with Crippen molar-refractivity contribution in [2.75, 3.05) is 5.32 Å². The molecule has 24 heavy (non-hydrogen) atoms. The lowest BCUT2D eigenvalue weighted by molar-refractivity contribution is 0.0692. The Balaban J connectivity index is 2.56. The number of hydrogen-bond acceptors (Lipinski definition) is 2. The summed E-state index contributed by atoms with van der Waals surface area (Å²) in [7, 11) is 0. The van der Waals surface area contributed by atoms with Crippen LogP contribution in [-0.2, 0) is 0 Å². The van der Waals surface area contributed by atoms with Crippen LogP contribution in [0.5, 0.6) is 0 Å². The molecule has 2 rings (SSSR count). The van der Waals surface area contributed by atoms with Crippen molar-refractivity contribution < 1.29 is 14.7 Å². The van der Waals surface area contributed by atoms with Gasteiger partial charge in [0.2, 0.25) is 0 Å². The molecule has 0 aliphatic rings. The largest absolute Gasteiger partial charge is 0.478 e. The normalized spacial score (nSPS) is 10.6. The summed E-state index contributed by atoms with van der Waals surface area (Å²) in [6, 6.07) is 5.09. The van der Waals surface area contributed by atoms with E-state index >= 15 is 0 Å². The van der Waals surface area contributed by atoms with Crippen LogP contribution >= 0.6 is 62.3 Å². The summed E-state index contributed by atoms with van der Waals surface area (Å²) in [4.78, 5) is 24.0. The van der Waals surface area contributed by atoms with E-state index in [0.717, 1.165) is 10.0 Å². The van der Waals surface area contributed by atoms with Gasteiger partial charge in [0.25, 0.3) is 5.91 Å². The third kappa shape index (κ3) is 3.65. The molecular formula is C15H8BrCl4NO3. The molecule has 0 radical (unpaired) electrons. The van der Waals surface area contributed by atoms with Crippen molar-refractivity contribution in [1.82, 2.24) is 0 Å². The van der Waals surface area contributed by atoms with E-state index in [1.165, 1.54) is 0 Å². The Hall–Kier alpha value is -0.980. The van der Waals surface area contributed by atoms with Crippen LogP contribution in [0.25, 0.3) is 0 Å². The van der Waals surface area contributed by atoms with Gasteiger partial charge in [-0.3, -0.25) is 4.79 Å². The van der Waals surface area contributed by atoms with Gasteiger partial charge in [-0.2, -0.15) is 0 Å². The summed E-state index contributed by atoms with van der Waals surface area (Å²) in [5.41, 5.74) is 0.464. The first-order valence-corrected chi connectivity index (χ1v) is 8.62. The number of hydrogen-bond donors (Lipinski definition) is 2. The van der Waals surface area contributed by atoms with E-state index in [0.29, 0.717) is 5.69 Å². The Labute approximate surface area is 165 Å². The van der Waals surface area contributed by atoms with E-state index in [9.17, 15) is 14.7 Å². The Kier molecular flexibility index (Phi) is 6.04. The van der Waals surface area contributed by atoms with Crippen molar-refractivity contribution >= 4 is 79.9 Å². The second-order valence-electron chi connectivity index (χ2n) is 4.73. The Morgan fingerprint density at radius 2 is 1.54 bits per heavy atom. The highest BCUT2D eigenvalue weighted by molar-refractivity contribution is 9.10. The fraction of sp³-hybridized carbons (Fsp3) is 0.0667. The molecule has 0 fully saturated rings. The van der Waals surface area contributed by atoms with Gasteiger partial charge in [0, 0.05) is 10.2 Å². The summed E-state index contributed by atoms with van der Waals surface area (Å²) in [5, 5.41) is 10.9. The zero-order valence-electron chi connectivity index (χ0n) is 11.9. The standard InChI is InChI=1S/C15H8BrCl4NO3/c1-5-4-6(2-3-7(5)16)21-14(22)8-9(15(23)24)11(18)13(20)12(19)10(8)17/h2-4H,1H3,(H,21,22)(H,23,24). The smallest absolute Gasteiger partial charge is 0.338 e. The van der Waals surface area contributed by atoms with Crippen molar-refractivity contribution in [3.8, 4) is 0 Å². The van der Waals surface area contributed by atoms with Gasteiger partial charge in [0.1, 0.15) is 0 Å². The van der Waals surface area contributed by atoms with Gasteiger partial charge in [0.15, 0.2) is 0 Å². The molecule has 0 aliphatic heterocycles. The summed E-state index contributed by atoms with van der Waals surface area (Å²) in [6.07, 6.45) is 0. The maximum Gasteiger partial charge on any atom is 0.338 e. The topological polar surface area (TPSA) is 66.4 Å². The number of carbonyl (C=O) groups excluding carboxylic acids is 1. The molecule has 0 unspecified atom stereocenters. The van der Waals surface area contributed by atoms with Crippen LogP contribution in [0, 0.1) is 6.92 Å². The Morgan fingerprint density at radius 1 is 1.00 bits per heavy atom. The van der Waals surface area contributed by atoms with Crippen LogP contribution in [-0.4, -0.2) is 17.0 Å². The predicted molar refractivity (Wildman–Crippen MR) is 100 cm³/mol. The third-order valence-electron chi connectivity index (χ3n) is 3.12. The second kappa shape index (κ2) is 7.50. The van der Waals surface area contributed by atoms with Crippen LogP contribution in [0.4, 0.5) is 5.69 Å². The van der Waals surface area contributed by atoms with Gasteiger partial charge >= 0.3 is 5.97 Å². The monoisotopic (exact) mass is 469 g/mol. The zero-order chi connectivity index (χ0) is 18.2. The Morgan fingerprint density at radius 3 is 2.04 bits per heavy atom. The predicted octanol–water partition coefficient (Wildman–Crippen LogP) is 6.32. The molecule has 0 aliphatic carbocycles. The molecule has 1 amide bonds. The van der Waals surface area contributed by atoms with Crippen LogP contribution < -0.4 is 5.32 Å². The van der Waals surface area contributed by atoms with Crippen molar-refractivity contribution in [2.24, 2.45) is 0 Å². The van der Waals surface area contributed by atoms with Crippen LogP contribution in [0.15, 0.2) is 22.7 Å². The highest BCUT2D eigenvalue weighted by Crippen LogP contribution is 2.41. The van der Waals surface area contributed by atoms with Crippen molar-refractivity contribution in [1.29, 1.82) is 0 Å². The van der Waals surface area contributed by atoms with Gasteiger partial charge < -0.3 is 10.4 Å². The number of carbonyl (C=O) groups is 2. The minimum Gasteiger partial charge on any atom is -0.478 e. The second-order valence-corrected chi connectivity index (χ2v) is 7.10. The molecule has 0 aromatic heterocycles. The highest BCUT2D eigenvalue weighted by Gasteiger charge is 2.28. The molecule has 4 nitrogen and oxygen atoms in total. The van der Waals surface area contributed by atoms with Gasteiger partial charge in [-0.1, -0.05) is 62.3 Å². The first-order chi connectivity index (χ1) is 11.1. The van der Waals surface area contributed by atoms with Gasteiger partial charge in [-0.15, -0.1) is 0 Å². The van der Waals surface area contributed by atoms with Crippen molar-refractivity contribution in [3.63, 3.8) is 0 Å². The number of carboxylic acids is 1. The van der Waals surface area contributed by atoms with E-state index in [1.807, 2.05) is 6.92 Å². The average Bonchev–Trinajstić information content (AvgIpc) is 2.51. The minimum atomic E-state index is -1.45. The summed E-state index contributed by atoms with van der Waals surface area (Å²) in [5.74, 6) is -2.21. The van der Waals surface area contributed by atoms with E-state index in [2.05, 4.69) is 21.2 Å². The maximum atomic E-state index is 12.5. The van der Waals surface area contributed by atoms with Crippen LogP contribution in [0.2, 0.25) is 20.1 Å². The van der Waals surface area contributed by atoms with Gasteiger partial charge in [-0.05, 0) is 30.7 Å². The lowest BCUT2D eigenvalue weighted by atomic mass is 10.1.